The minimum atomic E-state index is 0.513. The highest BCUT2D eigenvalue weighted by Gasteiger charge is 2.21. The highest BCUT2D eigenvalue weighted by Crippen LogP contribution is 2.44. The lowest BCUT2D eigenvalue weighted by atomic mass is 9.92. The second kappa shape index (κ2) is 7.14. The molecule has 2 aromatic rings. The Bertz CT molecular complexity index is 875. The predicted molar refractivity (Wildman–Crippen MR) is 107 cm³/mol. The van der Waals surface area contributed by atoms with Gasteiger partial charge >= 0.3 is 0 Å². The third kappa shape index (κ3) is 3.26. The Morgan fingerprint density at radius 1 is 0.875 bits per heavy atom. The van der Waals surface area contributed by atoms with Gasteiger partial charge in [-0.25, -0.2) is 0 Å². The van der Waals surface area contributed by atoms with E-state index in [0.29, 0.717) is 20.1 Å². The largest absolute Gasteiger partial charge is 0.0836 e. The number of halogens is 4. The third-order valence-electron chi connectivity index (χ3n) is 4.11. The Labute approximate surface area is 162 Å². The van der Waals surface area contributed by atoms with Crippen LogP contribution in [0, 0.1) is 20.3 Å². The van der Waals surface area contributed by atoms with Gasteiger partial charge in [-0.3, -0.25) is 0 Å². The van der Waals surface area contributed by atoms with E-state index >= 15 is 0 Å². The van der Waals surface area contributed by atoms with Gasteiger partial charge in [-0.2, -0.15) is 0 Å². The summed E-state index contributed by atoms with van der Waals surface area (Å²) < 4.78 is 0. The van der Waals surface area contributed by atoms with Crippen molar-refractivity contribution < 1.29 is 0 Å². The van der Waals surface area contributed by atoms with Crippen LogP contribution in [0.25, 0.3) is 16.7 Å². The number of rotatable bonds is 2. The smallest absolute Gasteiger partial charge is 0.0630 e. The lowest BCUT2D eigenvalue weighted by Crippen LogP contribution is -1.98. The second-order valence-corrected chi connectivity index (χ2v) is 7.39. The van der Waals surface area contributed by atoms with Crippen LogP contribution in [0.3, 0.4) is 0 Å². The van der Waals surface area contributed by atoms with Gasteiger partial charge in [0, 0.05) is 10.6 Å². The molecule has 0 bridgehead atoms. The summed E-state index contributed by atoms with van der Waals surface area (Å²) in [7, 11) is 0. The Balaban J connectivity index is 2.25. The standard InChI is InChI=1S/C20H15Cl4/c1-11-6-7-12(2)15(10-11)18-16(21)9-8-14(20(18)24)13-4-3-5-17(22)19(13)23/h4-10H,3H2,1-2H3. The summed E-state index contributed by atoms with van der Waals surface area (Å²) in [6, 6.07) is 9.99. The van der Waals surface area contributed by atoms with Crippen molar-refractivity contribution in [1.29, 1.82) is 0 Å². The number of benzene rings is 2. The first kappa shape index (κ1) is 17.9. The molecule has 0 N–H and O–H groups in total. The molecular weight excluding hydrogens is 382 g/mol. The molecule has 0 saturated carbocycles. The van der Waals surface area contributed by atoms with Gasteiger partial charge < -0.3 is 0 Å². The molecule has 3 rings (SSSR count). The molecule has 0 saturated heterocycles. The van der Waals surface area contributed by atoms with Crippen LogP contribution in [0.15, 0.2) is 46.5 Å². The van der Waals surface area contributed by atoms with E-state index in [1.54, 1.807) is 0 Å². The number of allylic oxidation sites excluding steroid dienone is 4. The van der Waals surface area contributed by atoms with E-state index in [-0.39, 0.29) is 0 Å². The number of hydrogen-bond donors (Lipinski definition) is 0. The molecule has 0 nitrogen and oxygen atoms in total. The Kier molecular flexibility index (Phi) is 5.32. The maximum absolute atomic E-state index is 6.76. The molecule has 1 aliphatic rings. The molecule has 24 heavy (non-hydrogen) atoms. The summed E-state index contributed by atoms with van der Waals surface area (Å²) in [5, 5.41) is 2.27. The molecule has 0 atom stereocenters. The zero-order valence-electron chi connectivity index (χ0n) is 13.3. The van der Waals surface area contributed by atoms with E-state index in [4.69, 9.17) is 46.4 Å². The van der Waals surface area contributed by atoms with Crippen LogP contribution in [0.2, 0.25) is 10.0 Å². The molecule has 4 heteroatoms. The van der Waals surface area contributed by atoms with Gasteiger partial charge in [0.2, 0.25) is 0 Å². The summed E-state index contributed by atoms with van der Waals surface area (Å²) in [5.74, 6) is 0. The SMILES string of the molecule is Cc1ccc(C)c(-c2c(Cl)ccc(C3=C(Cl)C(Cl)=CC[CH]3)c2Cl)c1. The van der Waals surface area contributed by atoms with Gasteiger partial charge in [0.15, 0.2) is 0 Å². The van der Waals surface area contributed by atoms with Crippen LogP contribution in [0.1, 0.15) is 23.1 Å². The minimum Gasteiger partial charge on any atom is -0.0836 e. The summed E-state index contributed by atoms with van der Waals surface area (Å²) in [6.07, 6.45) is 4.63. The molecule has 0 spiro atoms. The monoisotopic (exact) mass is 395 g/mol. The van der Waals surface area contributed by atoms with Gasteiger partial charge in [-0.15, -0.1) is 0 Å². The zero-order valence-corrected chi connectivity index (χ0v) is 16.3. The van der Waals surface area contributed by atoms with Crippen molar-refractivity contribution in [2.45, 2.75) is 20.3 Å². The van der Waals surface area contributed by atoms with Gasteiger partial charge in [0.05, 0.1) is 15.1 Å². The van der Waals surface area contributed by atoms with Crippen molar-refractivity contribution in [3.05, 3.63) is 79.6 Å². The van der Waals surface area contributed by atoms with E-state index in [2.05, 4.69) is 18.2 Å². The van der Waals surface area contributed by atoms with Gasteiger partial charge in [-0.05, 0) is 55.0 Å². The molecule has 0 aliphatic heterocycles. The van der Waals surface area contributed by atoms with E-state index in [1.807, 2.05) is 38.5 Å². The number of aryl methyl sites for hydroxylation is 2. The Morgan fingerprint density at radius 3 is 2.38 bits per heavy atom. The molecular formula is C20H15Cl4. The average molecular weight is 397 g/mol. The van der Waals surface area contributed by atoms with Crippen LogP contribution in [0.4, 0.5) is 0 Å². The average Bonchev–Trinajstić information content (AvgIpc) is 2.54. The molecule has 0 unspecified atom stereocenters. The normalized spacial score (nSPS) is 14.8. The molecule has 0 fully saturated rings. The molecule has 1 radical (unpaired) electrons. The first-order valence-electron chi connectivity index (χ1n) is 7.55. The molecule has 0 heterocycles. The third-order valence-corrected chi connectivity index (χ3v) is 5.66. The van der Waals surface area contributed by atoms with Crippen molar-refractivity contribution in [2.75, 3.05) is 0 Å². The molecule has 1 aliphatic carbocycles. The minimum absolute atomic E-state index is 0.513. The fourth-order valence-corrected chi connectivity index (χ4v) is 3.95. The second-order valence-electron chi connectivity index (χ2n) is 5.82. The van der Waals surface area contributed by atoms with E-state index < -0.39 is 0 Å². The van der Waals surface area contributed by atoms with Crippen LogP contribution in [-0.4, -0.2) is 0 Å². The van der Waals surface area contributed by atoms with Crippen molar-refractivity contribution in [1.82, 2.24) is 0 Å². The highest BCUT2D eigenvalue weighted by molar-refractivity contribution is 6.47. The van der Waals surface area contributed by atoms with E-state index in [1.165, 1.54) is 0 Å². The van der Waals surface area contributed by atoms with E-state index in [0.717, 1.165) is 39.8 Å². The first-order valence-corrected chi connectivity index (χ1v) is 9.06. The van der Waals surface area contributed by atoms with Crippen molar-refractivity contribution in [2.24, 2.45) is 0 Å². The van der Waals surface area contributed by atoms with Crippen LogP contribution in [-0.2, 0) is 0 Å². The molecule has 2 aromatic carbocycles. The van der Waals surface area contributed by atoms with Gasteiger partial charge in [-0.1, -0.05) is 82.3 Å². The lowest BCUT2D eigenvalue weighted by molar-refractivity contribution is 1.26. The zero-order chi connectivity index (χ0) is 17.4. The fourth-order valence-electron chi connectivity index (χ4n) is 2.83. The van der Waals surface area contributed by atoms with Gasteiger partial charge in [0.1, 0.15) is 0 Å². The molecule has 0 aromatic heterocycles. The van der Waals surface area contributed by atoms with Crippen molar-refractivity contribution >= 4 is 52.0 Å². The van der Waals surface area contributed by atoms with Crippen molar-refractivity contribution in [3.8, 4) is 11.1 Å². The van der Waals surface area contributed by atoms with E-state index in [9.17, 15) is 0 Å². The maximum atomic E-state index is 6.76. The quantitative estimate of drug-likeness (QED) is 0.482. The number of hydrogen-bond acceptors (Lipinski definition) is 0. The highest BCUT2D eigenvalue weighted by atomic mass is 35.5. The Hall–Kier alpha value is -0.920. The van der Waals surface area contributed by atoms with Gasteiger partial charge in [0.25, 0.3) is 0 Å². The first-order chi connectivity index (χ1) is 11.4. The molecule has 123 valence electrons. The summed E-state index contributed by atoms with van der Waals surface area (Å²) in [5.41, 5.74) is 5.81. The summed E-state index contributed by atoms with van der Waals surface area (Å²) in [4.78, 5) is 0. The summed E-state index contributed by atoms with van der Waals surface area (Å²) >= 11 is 25.8. The van der Waals surface area contributed by atoms with Crippen LogP contribution >= 0.6 is 46.4 Å². The van der Waals surface area contributed by atoms with Crippen LogP contribution in [0.5, 0.6) is 0 Å². The molecule has 0 amide bonds. The van der Waals surface area contributed by atoms with Crippen molar-refractivity contribution in [3.63, 3.8) is 0 Å². The van der Waals surface area contributed by atoms with Crippen LogP contribution < -0.4 is 0 Å². The topological polar surface area (TPSA) is 0 Å². The predicted octanol–water partition coefficient (Wildman–Crippen LogP) is 7.96. The fraction of sp³-hybridized carbons (Fsp3) is 0.150. The maximum Gasteiger partial charge on any atom is 0.0630 e. The summed E-state index contributed by atoms with van der Waals surface area (Å²) in [6.45, 7) is 4.10. The lowest BCUT2D eigenvalue weighted by Gasteiger charge is -2.19. The Morgan fingerprint density at radius 2 is 1.62 bits per heavy atom.